The molecule has 2 heterocycles. The molecule has 0 atom stereocenters. The van der Waals surface area contributed by atoms with E-state index in [1.165, 1.54) is 31.4 Å². The number of hydrogen-bond donors (Lipinski definition) is 0. The fourth-order valence-electron chi connectivity index (χ4n) is 3.61. The van der Waals surface area contributed by atoms with Crippen molar-refractivity contribution in [2.75, 3.05) is 6.61 Å². The number of hydrogen-bond acceptors (Lipinski definition) is 2. The molecule has 120 valence electrons. The van der Waals surface area contributed by atoms with E-state index in [1.54, 1.807) is 0 Å². The average molecular weight is 312 g/mol. The summed E-state index contributed by atoms with van der Waals surface area (Å²) in [6.45, 7) is 1.40. The van der Waals surface area contributed by atoms with Crippen LogP contribution in [-0.4, -0.2) is 22.6 Å². The van der Waals surface area contributed by atoms with Gasteiger partial charge in [-0.2, -0.15) is 0 Å². The van der Waals surface area contributed by atoms with E-state index >= 15 is 0 Å². The van der Waals surface area contributed by atoms with Crippen molar-refractivity contribution in [3.63, 3.8) is 0 Å². The molecule has 1 aliphatic heterocycles. The normalized spacial score (nSPS) is 19.6. The molecular formula is C19H21FN2O. The molecule has 1 spiro atoms. The van der Waals surface area contributed by atoms with E-state index < -0.39 is 0 Å². The second kappa shape index (κ2) is 5.84. The molecule has 4 heteroatoms. The topological polar surface area (TPSA) is 26.5 Å². The second-order valence-corrected chi connectivity index (χ2v) is 6.64. The van der Waals surface area contributed by atoms with Gasteiger partial charge in [0.05, 0.1) is 5.54 Å². The molecule has 1 aliphatic carbocycles. The highest BCUT2D eigenvalue weighted by Crippen LogP contribution is 2.36. The first kappa shape index (κ1) is 14.5. The minimum Gasteiger partial charge on any atom is -0.474 e. The van der Waals surface area contributed by atoms with Gasteiger partial charge >= 0.3 is 0 Å². The Morgan fingerprint density at radius 3 is 2.65 bits per heavy atom. The van der Waals surface area contributed by atoms with Gasteiger partial charge in [-0.15, -0.1) is 0 Å². The summed E-state index contributed by atoms with van der Waals surface area (Å²) in [7, 11) is 0. The predicted molar refractivity (Wildman–Crippen MR) is 88.2 cm³/mol. The van der Waals surface area contributed by atoms with Crippen molar-refractivity contribution in [2.24, 2.45) is 4.99 Å². The predicted octanol–water partition coefficient (Wildman–Crippen LogP) is 4.16. The second-order valence-electron chi connectivity index (χ2n) is 6.64. The first-order chi connectivity index (χ1) is 11.2. The summed E-state index contributed by atoms with van der Waals surface area (Å²) in [5, 5.41) is 0. The van der Waals surface area contributed by atoms with Crippen LogP contribution in [0.4, 0.5) is 4.39 Å². The maximum atomic E-state index is 13.0. The van der Waals surface area contributed by atoms with Crippen LogP contribution in [0.2, 0.25) is 0 Å². The van der Waals surface area contributed by atoms with Gasteiger partial charge < -0.3 is 9.30 Å². The monoisotopic (exact) mass is 312 g/mol. The minimum atomic E-state index is -0.204. The van der Waals surface area contributed by atoms with E-state index in [-0.39, 0.29) is 11.4 Å². The molecule has 0 N–H and O–H groups in total. The maximum absolute atomic E-state index is 13.0. The molecule has 1 saturated carbocycles. The highest BCUT2D eigenvalue weighted by molar-refractivity contribution is 5.94. The smallest absolute Gasteiger partial charge is 0.234 e. The first-order valence-corrected chi connectivity index (χ1v) is 8.37. The lowest BCUT2D eigenvalue weighted by molar-refractivity contribution is 0.207. The van der Waals surface area contributed by atoms with Crippen molar-refractivity contribution >= 4 is 5.90 Å². The van der Waals surface area contributed by atoms with Gasteiger partial charge in [-0.3, -0.25) is 0 Å². The Hall–Kier alpha value is -2.10. The van der Waals surface area contributed by atoms with E-state index in [4.69, 9.17) is 9.73 Å². The molecule has 0 unspecified atom stereocenters. The molecule has 2 aliphatic rings. The highest BCUT2D eigenvalue weighted by atomic mass is 19.1. The molecule has 23 heavy (non-hydrogen) atoms. The third kappa shape index (κ3) is 2.90. The van der Waals surface area contributed by atoms with Gasteiger partial charge in [0.25, 0.3) is 0 Å². The number of halogens is 1. The Bertz CT molecular complexity index is 711. The van der Waals surface area contributed by atoms with Crippen LogP contribution in [-0.2, 0) is 11.3 Å². The van der Waals surface area contributed by atoms with Crippen molar-refractivity contribution in [2.45, 2.75) is 44.2 Å². The van der Waals surface area contributed by atoms with Gasteiger partial charge in [0.15, 0.2) is 0 Å². The Morgan fingerprint density at radius 1 is 1.09 bits per heavy atom. The van der Waals surface area contributed by atoms with Crippen LogP contribution in [0.5, 0.6) is 0 Å². The molecule has 0 radical (unpaired) electrons. The van der Waals surface area contributed by atoms with Crippen molar-refractivity contribution in [1.29, 1.82) is 0 Å². The van der Waals surface area contributed by atoms with Gasteiger partial charge in [0.2, 0.25) is 5.90 Å². The summed E-state index contributed by atoms with van der Waals surface area (Å²) >= 11 is 0. The molecule has 2 aromatic rings. The van der Waals surface area contributed by atoms with Gasteiger partial charge in [0, 0.05) is 12.7 Å². The molecule has 1 aromatic heterocycles. The molecular weight excluding hydrogens is 291 g/mol. The summed E-state index contributed by atoms with van der Waals surface area (Å²) in [6.07, 6.45) is 8.10. The quantitative estimate of drug-likeness (QED) is 0.836. The fraction of sp³-hybridized carbons (Fsp3) is 0.421. The molecule has 1 fully saturated rings. The summed E-state index contributed by atoms with van der Waals surface area (Å²) in [6, 6.07) is 10.7. The average Bonchev–Trinajstić information content (AvgIpc) is 3.18. The van der Waals surface area contributed by atoms with Crippen molar-refractivity contribution in [1.82, 2.24) is 4.57 Å². The maximum Gasteiger partial charge on any atom is 0.234 e. The van der Waals surface area contributed by atoms with Crippen LogP contribution in [0, 0.1) is 5.82 Å². The number of benzene rings is 1. The first-order valence-electron chi connectivity index (χ1n) is 8.37. The van der Waals surface area contributed by atoms with Gasteiger partial charge in [-0.05, 0) is 42.7 Å². The van der Waals surface area contributed by atoms with E-state index in [9.17, 15) is 4.39 Å². The van der Waals surface area contributed by atoms with Crippen LogP contribution in [0.25, 0.3) is 0 Å². The number of rotatable bonds is 3. The zero-order valence-corrected chi connectivity index (χ0v) is 13.2. The number of nitrogens with zero attached hydrogens (tertiary/aromatic N) is 2. The van der Waals surface area contributed by atoms with E-state index in [1.807, 2.05) is 30.5 Å². The molecule has 0 amide bonds. The van der Waals surface area contributed by atoms with Crippen LogP contribution in [0.1, 0.15) is 43.4 Å². The van der Waals surface area contributed by atoms with Crippen LogP contribution < -0.4 is 0 Å². The molecule has 3 nitrogen and oxygen atoms in total. The Morgan fingerprint density at radius 2 is 1.87 bits per heavy atom. The van der Waals surface area contributed by atoms with Gasteiger partial charge in [0.1, 0.15) is 18.1 Å². The summed E-state index contributed by atoms with van der Waals surface area (Å²) in [4.78, 5) is 4.95. The molecule has 1 aromatic carbocycles. The number of ether oxygens (including phenoxy) is 1. The fourth-order valence-corrected chi connectivity index (χ4v) is 3.61. The largest absolute Gasteiger partial charge is 0.474 e. The number of aliphatic imine (C=N–C) groups is 1. The lowest BCUT2D eigenvalue weighted by Crippen LogP contribution is -2.30. The SMILES string of the molecule is Fc1ccc(Cn2cccc2C2=NC3(CCCCC3)CO2)cc1. The minimum absolute atomic E-state index is 0.0125. The summed E-state index contributed by atoms with van der Waals surface area (Å²) < 4.78 is 21.1. The summed E-state index contributed by atoms with van der Waals surface area (Å²) in [5.41, 5.74) is 2.09. The molecule has 0 bridgehead atoms. The number of aromatic nitrogens is 1. The Kier molecular flexibility index (Phi) is 3.68. The molecule has 4 rings (SSSR count). The highest BCUT2D eigenvalue weighted by Gasteiger charge is 2.38. The third-order valence-corrected chi connectivity index (χ3v) is 4.92. The van der Waals surface area contributed by atoms with Crippen molar-refractivity contribution in [3.8, 4) is 0 Å². The third-order valence-electron chi connectivity index (χ3n) is 4.92. The Balaban J connectivity index is 1.57. The standard InChI is InChI=1S/C19H21FN2O/c20-16-8-6-15(7-9-16)13-22-12-4-5-17(22)18-21-19(14-23-18)10-2-1-3-11-19/h4-9,12H,1-3,10-11,13-14H2. The van der Waals surface area contributed by atoms with E-state index in [0.29, 0.717) is 13.2 Å². The lowest BCUT2D eigenvalue weighted by atomic mass is 9.83. The lowest BCUT2D eigenvalue weighted by Gasteiger charge is -2.27. The van der Waals surface area contributed by atoms with Crippen LogP contribution in [0.3, 0.4) is 0 Å². The zero-order chi connectivity index (χ0) is 15.7. The van der Waals surface area contributed by atoms with Crippen molar-refractivity contribution in [3.05, 3.63) is 59.7 Å². The summed E-state index contributed by atoms with van der Waals surface area (Å²) in [5.74, 6) is 0.559. The van der Waals surface area contributed by atoms with E-state index in [2.05, 4.69) is 4.57 Å². The van der Waals surface area contributed by atoms with Crippen LogP contribution in [0.15, 0.2) is 47.6 Å². The van der Waals surface area contributed by atoms with Crippen LogP contribution >= 0.6 is 0 Å². The van der Waals surface area contributed by atoms with Crippen molar-refractivity contribution < 1.29 is 9.13 Å². The zero-order valence-electron chi connectivity index (χ0n) is 13.2. The van der Waals surface area contributed by atoms with Gasteiger partial charge in [-0.1, -0.05) is 31.4 Å². The van der Waals surface area contributed by atoms with Gasteiger partial charge in [-0.25, -0.2) is 9.38 Å². The van der Waals surface area contributed by atoms with E-state index in [0.717, 1.165) is 30.0 Å². The Labute approximate surface area is 135 Å². The molecule has 0 saturated heterocycles.